The van der Waals surface area contributed by atoms with Gasteiger partial charge in [0.05, 0.1) is 31.2 Å². The second kappa shape index (κ2) is 10.4. The average molecular weight is 467 g/mol. The van der Waals surface area contributed by atoms with Crippen LogP contribution in [0.4, 0.5) is 5.95 Å². The predicted octanol–water partition coefficient (Wildman–Crippen LogP) is 3.36. The van der Waals surface area contributed by atoms with E-state index in [1.165, 1.54) is 5.56 Å². The highest BCUT2D eigenvalue weighted by Crippen LogP contribution is 2.36. The Morgan fingerprint density at radius 1 is 1.18 bits per heavy atom. The van der Waals surface area contributed by atoms with Gasteiger partial charge in [0.25, 0.3) is 5.56 Å². The highest BCUT2D eigenvalue weighted by Gasteiger charge is 2.22. The van der Waals surface area contributed by atoms with Crippen molar-refractivity contribution in [2.45, 2.75) is 39.0 Å². The molecular weight excluding hydrogens is 432 g/mol. The molecule has 2 aromatic carbocycles. The van der Waals surface area contributed by atoms with Crippen molar-refractivity contribution in [3.8, 4) is 11.5 Å². The summed E-state index contributed by atoms with van der Waals surface area (Å²) in [5, 5.41) is 0.541. The predicted molar refractivity (Wildman–Crippen MR) is 134 cm³/mol. The zero-order valence-electron chi connectivity index (χ0n) is 20.7. The van der Waals surface area contributed by atoms with Crippen LogP contribution in [-0.4, -0.2) is 62.4 Å². The van der Waals surface area contributed by atoms with Crippen LogP contribution in [0, 0.1) is 0 Å². The first-order valence-corrected chi connectivity index (χ1v) is 11.7. The number of methoxy groups -OCH3 is 3. The fourth-order valence-electron chi connectivity index (χ4n) is 4.80. The summed E-state index contributed by atoms with van der Waals surface area (Å²) in [5.41, 5.74) is 3.64. The highest BCUT2D eigenvalue weighted by atomic mass is 16.5. The number of aromatic nitrogens is 2. The SMILES string of the molecule is CCc1c(OC)c(OC)cc2[nH]c(N(C)Cc3cccc(CN4CCC(OC)C4)c3)nc(=O)c12. The minimum absolute atomic E-state index is 0.274. The van der Waals surface area contributed by atoms with Crippen molar-refractivity contribution in [3.63, 3.8) is 0 Å². The van der Waals surface area contributed by atoms with Crippen molar-refractivity contribution in [1.82, 2.24) is 14.9 Å². The lowest BCUT2D eigenvalue weighted by Crippen LogP contribution is -2.24. The van der Waals surface area contributed by atoms with Crippen LogP contribution >= 0.6 is 0 Å². The molecule has 0 bridgehead atoms. The van der Waals surface area contributed by atoms with Crippen LogP contribution in [0.25, 0.3) is 10.9 Å². The molecule has 1 atom stereocenters. The summed E-state index contributed by atoms with van der Waals surface area (Å²) in [6.07, 6.45) is 2.04. The van der Waals surface area contributed by atoms with E-state index >= 15 is 0 Å². The van der Waals surface area contributed by atoms with E-state index < -0.39 is 0 Å². The smallest absolute Gasteiger partial charge is 0.282 e. The maximum atomic E-state index is 13.0. The van der Waals surface area contributed by atoms with E-state index in [9.17, 15) is 4.79 Å². The number of nitrogens with one attached hydrogen (secondary N) is 1. The minimum atomic E-state index is -0.274. The molecular formula is C26H34N4O4. The van der Waals surface area contributed by atoms with Gasteiger partial charge in [-0.3, -0.25) is 9.69 Å². The monoisotopic (exact) mass is 466 g/mol. The molecule has 4 rings (SSSR count). The Bertz CT molecular complexity index is 1210. The van der Waals surface area contributed by atoms with Gasteiger partial charge >= 0.3 is 0 Å². The van der Waals surface area contributed by atoms with Gasteiger partial charge in [0.1, 0.15) is 0 Å². The standard InChI is InChI=1S/C26H34N4O4/c1-6-20-23-21(13-22(33-4)24(20)34-5)27-26(28-25(23)31)29(2)14-17-8-7-9-18(12-17)15-30-11-10-19(16-30)32-3/h7-9,12-13,19H,6,10-11,14-16H2,1-5H3,(H,27,28,31). The van der Waals surface area contributed by atoms with Gasteiger partial charge in [0.15, 0.2) is 11.5 Å². The molecule has 2 heterocycles. The summed E-state index contributed by atoms with van der Waals surface area (Å²) in [5.74, 6) is 1.69. The van der Waals surface area contributed by atoms with Crippen molar-refractivity contribution in [2.24, 2.45) is 0 Å². The molecule has 1 fully saturated rings. The second-order valence-electron chi connectivity index (χ2n) is 8.79. The van der Waals surface area contributed by atoms with Crippen LogP contribution in [0.3, 0.4) is 0 Å². The third-order valence-electron chi connectivity index (χ3n) is 6.53. The molecule has 0 saturated carbocycles. The van der Waals surface area contributed by atoms with Crippen molar-refractivity contribution in [1.29, 1.82) is 0 Å². The zero-order valence-corrected chi connectivity index (χ0v) is 20.7. The van der Waals surface area contributed by atoms with Crippen LogP contribution < -0.4 is 19.9 Å². The maximum absolute atomic E-state index is 13.0. The normalized spacial score (nSPS) is 16.2. The molecule has 1 unspecified atom stereocenters. The summed E-state index contributed by atoms with van der Waals surface area (Å²) in [6, 6.07) is 10.4. The first-order valence-electron chi connectivity index (χ1n) is 11.7. The lowest BCUT2D eigenvalue weighted by molar-refractivity contribution is 0.107. The fourth-order valence-corrected chi connectivity index (χ4v) is 4.80. The van der Waals surface area contributed by atoms with E-state index in [0.717, 1.165) is 37.2 Å². The van der Waals surface area contributed by atoms with E-state index in [1.54, 1.807) is 27.4 Å². The van der Waals surface area contributed by atoms with Crippen LogP contribution in [0.2, 0.25) is 0 Å². The van der Waals surface area contributed by atoms with Gasteiger partial charge in [0, 0.05) is 52.0 Å². The van der Waals surface area contributed by atoms with Crippen molar-refractivity contribution < 1.29 is 14.2 Å². The molecule has 1 N–H and O–H groups in total. The molecule has 0 radical (unpaired) electrons. The molecule has 3 aromatic rings. The van der Waals surface area contributed by atoms with Gasteiger partial charge < -0.3 is 24.1 Å². The summed E-state index contributed by atoms with van der Waals surface area (Å²) in [4.78, 5) is 25.1. The number of benzene rings is 2. The quantitative estimate of drug-likeness (QED) is 0.518. The largest absolute Gasteiger partial charge is 0.493 e. The van der Waals surface area contributed by atoms with Crippen LogP contribution in [0.15, 0.2) is 35.1 Å². The zero-order chi connectivity index (χ0) is 24.2. The first kappa shape index (κ1) is 24.0. The van der Waals surface area contributed by atoms with Gasteiger partial charge in [-0.25, -0.2) is 0 Å². The Labute approximate surface area is 200 Å². The number of aryl methyl sites for hydroxylation is 1. The Kier molecular flexibility index (Phi) is 7.38. The van der Waals surface area contributed by atoms with E-state index in [4.69, 9.17) is 14.2 Å². The Morgan fingerprint density at radius 2 is 1.97 bits per heavy atom. The molecule has 0 aliphatic carbocycles. The molecule has 182 valence electrons. The third kappa shape index (κ3) is 4.88. The number of anilines is 1. The summed E-state index contributed by atoms with van der Waals surface area (Å²) < 4.78 is 16.5. The number of aromatic amines is 1. The number of H-pyrrole nitrogens is 1. The summed E-state index contributed by atoms with van der Waals surface area (Å²) in [7, 11) is 6.90. The number of rotatable bonds is 9. The molecule has 0 amide bonds. The van der Waals surface area contributed by atoms with E-state index in [-0.39, 0.29) is 5.56 Å². The summed E-state index contributed by atoms with van der Waals surface area (Å²) >= 11 is 0. The van der Waals surface area contributed by atoms with Gasteiger partial charge in [0.2, 0.25) is 5.95 Å². The molecule has 8 heteroatoms. The van der Waals surface area contributed by atoms with Gasteiger partial charge in [-0.1, -0.05) is 31.2 Å². The third-order valence-corrected chi connectivity index (χ3v) is 6.53. The molecule has 0 spiro atoms. The van der Waals surface area contributed by atoms with Crippen molar-refractivity contribution in [2.75, 3.05) is 46.4 Å². The fraction of sp³-hybridized carbons (Fsp3) is 0.462. The second-order valence-corrected chi connectivity index (χ2v) is 8.79. The molecule has 8 nitrogen and oxygen atoms in total. The van der Waals surface area contributed by atoms with Gasteiger partial charge in [-0.15, -0.1) is 0 Å². The molecule has 34 heavy (non-hydrogen) atoms. The number of ether oxygens (including phenoxy) is 3. The van der Waals surface area contributed by atoms with E-state index in [2.05, 4.69) is 39.1 Å². The summed E-state index contributed by atoms with van der Waals surface area (Å²) in [6.45, 7) is 5.54. The minimum Gasteiger partial charge on any atom is -0.493 e. The Balaban J connectivity index is 1.57. The molecule has 1 aliphatic rings. The molecule has 1 saturated heterocycles. The lowest BCUT2D eigenvalue weighted by Gasteiger charge is -2.21. The topological polar surface area (TPSA) is 79.9 Å². The number of fused-ring (bicyclic) bond motifs is 1. The number of hydrogen-bond acceptors (Lipinski definition) is 7. The lowest BCUT2D eigenvalue weighted by atomic mass is 10.0. The number of nitrogens with zero attached hydrogens (tertiary/aromatic N) is 3. The highest BCUT2D eigenvalue weighted by molar-refractivity contribution is 5.87. The van der Waals surface area contributed by atoms with Gasteiger partial charge in [-0.2, -0.15) is 4.98 Å². The van der Waals surface area contributed by atoms with E-state index in [0.29, 0.717) is 47.4 Å². The Hall–Kier alpha value is -3.10. The van der Waals surface area contributed by atoms with E-state index in [1.807, 2.05) is 18.9 Å². The molecule has 1 aliphatic heterocycles. The number of likely N-dealkylation sites (tertiary alicyclic amines) is 1. The van der Waals surface area contributed by atoms with Crippen molar-refractivity contribution >= 4 is 16.9 Å². The van der Waals surface area contributed by atoms with Crippen LogP contribution in [0.1, 0.15) is 30.0 Å². The van der Waals surface area contributed by atoms with Crippen molar-refractivity contribution in [3.05, 3.63) is 57.4 Å². The number of hydrogen-bond donors (Lipinski definition) is 1. The van der Waals surface area contributed by atoms with Gasteiger partial charge in [-0.05, 0) is 24.0 Å². The first-order chi connectivity index (χ1) is 16.5. The maximum Gasteiger partial charge on any atom is 0.282 e. The van der Waals surface area contributed by atoms with Crippen LogP contribution in [-0.2, 0) is 24.2 Å². The molecule has 1 aromatic heterocycles. The Morgan fingerprint density at radius 3 is 2.65 bits per heavy atom. The van der Waals surface area contributed by atoms with Crippen LogP contribution in [0.5, 0.6) is 11.5 Å². The average Bonchev–Trinajstić information content (AvgIpc) is 3.30.